The molecule has 0 aliphatic rings. The Labute approximate surface area is 81.1 Å². The van der Waals surface area contributed by atoms with Crippen LogP contribution in [0.1, 0.15) is 5.56 Å². The lowest BCUT2D eigenvalue weighted by atomic mass is 10.1. The molecule has 0 atom stereocenters. The maximum absolute atomic E-state index is 11.0. The van der Waals surface area contributed by atoms with Gasteiger partial charge in [0.05, 0.1) is 19.2 Å². The molecule has 0 saturated carbocycles. The number of carbonyl (C=O) groups is 1. The maximum atomic E-state index is 11.0. The zero-order chi connectivity index (χ0) is 10.6. The zero-order valence-corrected chi connectivity index (χ0v) is 7.67. The van der Waals surface area contributed by atoms with Crippen molar-refractivity contribution in [2.24, 2.45) is 0 Å². The Morgan fingerprint density at radius 3 is 2.64 bits per heavy atom. The standard InChI is InChI=1S/C9H11NO4/c1-14-9(11)6-7-4-2-3-5-8(7)10(12)13/h2-5,12-13H,6H2,1H3. The van der Waals surface area contributed by atoms with Gasteiger partial charge in [-0.25, -0.2) is 0 Å². The van der Waals surface area contributed by atoms with E-state index in [0.717, 1.165) is 0 Å². The van der Waals surface area contributed by atoms with Crippen molar-refractivity contribution >= 4 is 11.7 Å². The number of rotatable bonds is 3. The molecule has 0 saturated heterocycles. The van der Waals surface area contributed by atoms with Gasteiger partial charge in [-0.15, -0.1) is 5.23 Å². The van der Waals surface area contributed by atoms with Crippen molar-refractivity contribution in [1.29, 1.82) is 0 Å². The summed E-state index contributed by atoms with van der Waals surface area (Å²) in [4.78, 5) is 11.0. The SMILES string of the molecule is COC(=O)Cc1ccccc1N(O)O. The highest BCUT2D eigenvalue weighted by Gasteiger charge is 2.10. The van der Waals surface area contributed by atoms with Crippen LogP contribution in [-0.2, 0) is 16.0 Å². The van der Waals surface area contributed by atoms with Crippen molar-refractivity contribution in [3.05, 3.63) is 29.8 Å². The molecule has 0 spiro atoms. The zero-order valence-electron chi connectivity index (χ0n) is 7.67. The van der Waals surface area contributed by atoms with E-state index in [1.165, 1.54) is 13.2 Å². The molecule has 1 aromatic rings. The van der Waals surface area contributed by atoms with Crippen molar-refractivity contribution in [3.63, 3.8) is 0 Å². The lowest BCUT2D eigenvalue weighted by Gasteiger charge is -2.12. The Kier molecular flexibility index (Phi) is 3.44. The van der Waals surface area contributed by atoms with Gasteiger partial charge < -0.3 is 4.74 Å². The topological polar surface area (TPSA) is 70.0 Å². The second-order valence-corrected chi connectivity index (χ2v) is 2.67. The third kappa shape index (κ3) is 2.45. The number of esters is 1. The molecule has 0 unspecified atom stereocenters. The molecule has 0 heterocycles. The van der Waals surface area contributed by atoms with Crippen molar-refractivity contribution in [2.75, 3.05) is 12.3 Å². The van der Waals surface area contributed by atoms with E-state index in [2.05, 4.69) is 4.74 Å². The monoisotopic (exact) mass is 197 g/mol. The van der Waals surface area contributed by atoms with Crippen molar-refractivity contribution in [3.8, 4) is 0 Å². The van der Waals surface area contributed by atoms with Crippen LogP contribution in [0.15, 0.2) is 24.3 Å². The minimum Gasteiger partial charge on any atom is -0.469 e. The van der Waals surface area contributed by atoms with Gasteiger partial charge in [0.25, 0.3) is 0 Å². The van der Waals surface area contributed by atoms with E-state index < -0.39 is 5.97 Å². The highest BCUT2D eigenvalue weighted by atomic mass is 16.8. The Balaban J connectivity index is 2.90. The fraction of sp³-hybridized carbons (Fsp3) is 0.222. The van der Waals surface area contributed by atoms with Crippen molar-refractivity contribution in [2.45, 2.75) is 6.42 Å². The number of benzene rings is 1. The largest absolute Gasteiger partial charge is 0.469 e. The Hall–Kier alpha value is -1.59. The summed E-state index contributed by atoms with van der Waals surface area (Å²) in [5.41, 5.74) is 0.655. The number of anilines is 1. The first kappa shape index (κ1) is 10.5. The second-order valence-electron chi connectivity index (χ2n) is 2.67. The molecule has 5 nitrogen and oxygen atoms in total. The normalized spacial score (nSPS) is 9.64. The van der Waals surface area contributed by atoms with Crippen LogP contribution in [0.25, 0.3) is 0 Å². The molecule has 2 N–H and O–H groups in total. The van der Waals surface area contributed by atoms with Crippen LogP contribution >= 0.6 is 0 Å². The van der Waals surface area contributed by atoms with Gasteiger partial charge in [0.15, 0.2) is 0 Å². The predicted octanol–water partition coefficient (Wildman–Crippen LogP) is 0.987. The molecule has 0 radical (unpaired) electrons. The molecule has 0 aliphatic heterocycles. The number of hydrogen-bond donors (Lipinski definition) is 2. The minimum atomic E-state index is -0.431. The Bertz CT molecular complexity index is 324. The van der Waals surface area contributed by atoms with Gasteiger partial charge in [-0.3, -0.25) is 15.2 Å². The highest BCUT2D eigenvalue weighted by Crippen LogP contribution is 2.18. The number of para-hydroxylation sites is 1. The van der Waals surface area contributed by atoms with E-state index in [1.54, 1.807) is 18.2 Å². The molecule has 1 aromatic carbocycles. The predicted molar refractivity (Wildman–Crippen MR) is 48.2 cm³/mol. The summed E-state index contributed by atoms with van der Waals surface area (Å²) in [7, 11) is 1.28. The maximum Gasteiger partial charge on any atom is 0.310 e. The Morgan fingerprint density at radius 2 is 2.07 bits per heavy atom. The fourth-order valence-electron chi connectivity index (χ4n) is 1.08. The number of ether oxygens (including phenoxy) is 1. The van der Waals surface area contributed by atoms with Crippen LogP contribution in [0.4, 0.5) is 5.69 Å². The van der Waals surface area contributed by atoms with Crippen LogP contribution < -0.4 is 5.23 Å². The first-order valence-corrected chi connectivity index (χ1v) is 3.97. The summed E-state index contributed by atoms with van der Waals surface area (Å²) in [6.45, 7) is 0. The second kappa shape index (κ2) is 4.59. The number of hydrogen-bond acceptors (Lipinski definition) is 5. The lowest BCUT2D eigenvalue weighted by Crippen LogP contribution is -2.15. The number of carbonyl (C=O) groups excluding carboxylic acids is 1. The summed E-state index contributed by atoms with van der Waals surface area (Å²) in [6.07, 6.45) is 0.00426. The van der Waals surface area contributed by atoms with E-state index in [0.29, 0.717) is 5.56 Å². The summed E-state index contributed by atoms with van der Waals surface area (Å²) in [6, 6.07) is 6.44. The molecular formula is C9H11NO4. The van der Waals surface area contributed by atoms with E-state index in [4.69, 9.17) is 10.4 Å². The smallest absolute Gasteiger partial charge is 0.310 e. The molecular weight excluding hydrogens is 186 g/mol. The van der Waals surface area contributed by atoms with Crippen molar-refractivity contribution < 1.29 is 19.9 Å². The highest BCUT2D eigenvalue weighted by molar-refractivity contribution is 5.74. The molecule has 76 valence electrons. The lowest BCUT2D eigenvalue weighted by molar-refractivity contribution is -0.139. The van der Waals surface area contributed by atoms with E-state index in [-0.39, 0.29) is 17.3 Å². The third-order valence-corrected chi connectivity index (χ3v) is 1.77. The summed E-state index contributed by atoms with van der Waals surface area (Å²) < 4.78 is 4.47. The van der Waals surface area contributed by atoms with Crippen LogP contribution in [0.5, 0.6) is 0 Å². The summed E-state index contributed by atoms with van der Waals surface area (Å²) in [5, 5.41) is 17.6. The van der Waals surface area contributed by atoms with Gasteiger partial charge in [-0.2, -0.15) is 0 Å². The van der Waals surface area contributed by atoms with Crippen LogP contribution in [0, 0.1) is 0 Å². The van der Waals surface area contributed by atoms with Gasteiger partial charge in [-0.05, 0) is 11.6 Å². The molecule has 0 amide bonds. The van der Waals surface area contributed by atoms with Crippen LogP contribution in [0.3, 0.4) is 0 Å². The molecule has 0 bridgehead atoms. The molecule has 14 heavy (non-hydrogen) atoms. The van der Waals surface area contributed by atoms with E-state index in [1.807, 2.05) is 0 Å². The third-order valence-electron chi connectivity index (χ3n) is 1.77. The summed E-state index contributed by atoms with van der Waals surface area (Å²) in [5.74, 6) is -0.431. The molecule has 0 aromatic heterocycles. The fourth-order valence-corrected chi connectivity index (χ4v) is 1.08. The molecule has 5 heteroatoms. The number of methoxy groups -OCH3 is 1. The van der Waals surface area contributed by atoms with Crippen LogP contribution in [0.2, 0.25) is 0 Å². The summed E-state index contributed by atoms with van der Waals surface area (Å²) >= 11 is 0. The first-order chi connectivity index (χ1) is 6.65. The van der Waals surface area contributed by atoms with E-state index in [9.17, 15) is 4.79 Å². The quantitative estimate of drug-likeness (QED) is 0.558. The average Bonchev–Trinajstić information content (AvgIpc) is 2.18. The molecule has 0 aliphatic carbocycles. The van der Waals surface area contributed by atoms with E-state index >= 15 is 0 Å². The number of nitrogens with zero attached hydrogens (tertiary/aromatic N) is 1. The van der Waals surface area contributed by atoms with Gasteiger partial charge in [-0.1, -0.05) is 18.2 Å². The molecule has 0 fully saturated rings. The minimum absolute atomic E-state index is 0.00426. The van der Waals surface area contributed by atoms with Crippen molar-refractivity contribution in [1.82, 2.24) is 0 Å². The van der Waals surface area contributed by atoms with Gasteiger partial charge in [0, 0.05) is 0 Å². The van der Waals surface area contributed by atoms with Gasteiger partial charge >= 0.3 is 5.97 Å². The first-order valence-electron chi connectivity index (χ1n) is 3.97. The van der Waals surface area contributed by atoms with Crippen LogP contribution in [-0.4, -0.2) is 23.5 Å². The molecule has 1 rings (SSSR count). The van der Waals surface area contributed by atoms with Gasteiger partial charge in [0.1, 0.15) is 0 Å². The Morgan fingerprint density at radius 1 is 1.43 bits per heavy atom. The van der Waals surface area contributed by atoms with Gasteiger partial charge in [0.2, 0.25) is 0 Å². The average molecular weight is 197 g/mol.